The van der Waals surface area contributed by atoms with Crippen molar-refractivity contribution in [3.8, 4) is 11.5 Å². The number of benzene rings is 2. The standard InChI is InChI=1S/C21H22ClN3O3/c1-14-19(20(22)25(2)24-14)21(26)23-12-16-9-10-17(18(11-16)27-3)28-13-15-7-5-4-6-8-15/h4-11H,12-13H2,1-3H3,(H,23,26). The van der Waals surface area contributed by atoms with Crippen molar-refractivity contribution >= 4 is 17.5 Å². The Morgan fingerprint density at radius 3 is 2.54 bits per heavy atom. The lowest BCUT2D eigenvalue weighted by atomic mass is 10.2. The first-order valence-corrected chi connectivity index (χ1v) is 9.18. The number of amides is 1. The van der Waals surface area contributed by atoms with Crippen molar-refractivity contribution in [2.45, 2.75) is 20.1 Å². The molecule has 0 radical (unpaired) electrons. The van der Waals surface area contributed by atoms with Gasteiger partial charge in [0.05, 0.1) is 18.4 Å². The number of carbonyl (C=O) groups excluding carboxylic acids is 1. The van der Waals surface area contributed by atoms with Crippen LogP contribution >= 0.6 is 11.6 Å². The summed E-state index contributed by atoms with van der Waals surface area (Å²) in [7, 11) is 3.29. The number of halogens is 1. The van der Waals surface area contributed by atoms with Crippen molar-refractivity contribution in [3.63, 3.8) is 0 Å². The van der Waals surface area contributed by atoms with E-state index >= 15 is 0 Å². The number of hydrogen-bond acceptors (Lipinski definition) is 4. The second-order valence-corrected chi connectivity index (χ2v) is 6.68. The van der Waals surface area contributed by atoms with Gasteiger partial charge in [0, 0.05) is 13.6 Å². The highest BCUT2D eigenvalue weighted by Crippen LogP contribution is 2.29. The van der Waals surface area contributed by atoms with E-state index in [4.69, 9.17) is 21.1 Å². The summed E-state index contributed by atoms with van der Waals surface area (Å²) in [6.45, 7) is 2.54. The van der Waals surface area contributed by atoms with Gasteiger partial charge in [-0.1, -0.05) is 48.0 Å². The lowest BCUT2D eigenvalue weighted by Crippen LogP contribution is -2.23. The molecule has 0 spiro atoms. The zero-order chi connectivity index (χ0) is 20.1. The quantitative estimate of drug-likeness (QED) is 0.654. The second kappa shape index (κ2) is 8.80. The van der Waals surface area contributed by atoms with E-state index in [1.807, 2.05) is 48.5 Å². The summed E-state index contributed by atoms with van der Waals surface area (Å²) in [5.74, 6) is 0.991. The van der Waals surface area contributed by atoms with E-state index in [1.165, 1.54) is 4.68 Å². The zero-order valence-corrected chi connectivity index (χ0v) is 16.8. The molecule has 1 N–H and O–H groups in total. The monoisotopic (exact) mass is 399 g/mol. The molecule has 6 nitrogen and oxygen atoms in total. The molecule has 0 saturated heterocycles. The minimum Gasteiger partial charge on any atom is -0.493 e. The summed E-state index contributed by atoms with van der Waals surface area (Å²) in [4.78, 5) is 12.4. The second-order valence-electron chi connectivity index (χ2n) is 6.32. The van der Waals surface area contributed by atoms with E-state index in [0.717, 1.165) is 11.1 Å². The van der Waals surface area contributed by atoms with Gasteiger partial charge in [-0.05, 0) is 30.2 Å². The van der Waals surface area contributed by atoms with Crippen LogP contribution in [0.25, 0.3) is 0 Å². The fourth-order valence-electron chi connectivity index (χ4n) is 2.84. The van der Waals surface area contributed by atoms with Crippen molar-refractivity contribution in [1.29, 1.82) is 0 Å². The Balaban J connectivity index is 1.65. The lowest BCUT2D eigenvalue weighted by Gasteiger charge is -2.13. The molecule has 2 aromatic carbocycles. The average molecular weight is 400 g/mol. The van der Waals surface area contributed by atoms with Crippen molar-refractivity contribution in [3.05, 3.63) is 76.1 Å². The first-order chi connectivity index (χ1) is 13.5. The minimum atomic E-state index is -0.265. The van der Waals surface area contributed by atoms with E-state index < -0.39 is 0 Å². The largest absolute Gasteiger partial charge is 0.493 e. The maximum Gasteiger partial charge on any atom is 0.256 e. The van der Waals surface area contributed by atoms with Crippen LogP contribution in [0.2, 0.25) is 5.15 Å². The molecule has 0 unspecified atom stereocenters. The molecule has 28 heavy (non-hydrogen) atoms. The van der Waals surface area contributed by atoms with Gasteiger partial charge in [0.2, 0.25) is 0 Å². The molecule has 7 heteroatoms. The van der Waals surface area contributed by atoms with Crippen molar-refractivity contribution in [2.24, 2.45) is 7.05 Å². The third kappa shape index (κ3) is 4.46. The molecule has 0 aliphatic heterocycles. The van der Waals surface area contributed by atoms with Crippen LogP contribution in [0.15, 0.2) is 48.5 Å². The SMILES string of the molecule is COc1cc(CNC(=O)c2c(C)nn(C)c2Cl)ccc1OCc1ccccc1. The van der Waals surface area contributed by atoms with E-state index in [9.17, 15) is 4.79 Å². The maximum atomic E-state index is 12.4. The van der Waals surface area contributed by atoms with Crippen LogP contribution < -0.4 is 14.8 Å². The van der Waals surface area contributed by atoms with Gasteiger partial charge in [-0.2, -0.15) is 5.10 Å². The van der Waals surface area contributed by atoms with Crippen molar-refractivity contribution < 1.29 is 14.3 Å². The zero-order valence-electron chi connectivity index (χ0n) is 16.0. The Labute approximate surface area is 169 Å². The molecule has 0 aliphatic carbocycles. The van der Waals surface area contributed by atoms with Crippen molar-refractivity contribution in [2.75, 3.05) is 7.11 Å². The molecule has 0 atom stereocenters. The first kappa shape index (κ1) is 19.8. The minimum absolute atomic E-state index is 0.265. The van der Waals surface area contributed by atoms with Crippen LogP contribution in [-0.2, 0) is 20.2 Å². The Morgan fingerprint density at radius 1 is 1.14 bits per heavy atom. The molecule has 146 valence electrons. The average Bonchev–Trinajstić information content (AvgIpc) is 2.97. The molecule has 1 aromatic heterocycles. The summed E-state index contributed by atoms with van der Waals surface area (Å²) >= 11 is 6.15. The number of carbonyl (C=O) groups is 1. The maximum absolute atomic E-state index is 12.4. The molecular formula is C21H22ClN3O3. The highest BCUT2D eigenvalue weighted by atomic mass is 35.5. The number of ether oxygens (including phenoxy) is 2. The van der Waals surface area contributed by atoms with E-state index in [2.05, 4.69) is 10.4 Å². The molecule has 0 bridgehead atoms. The molecule has 3 rings (SSSR count). The number of aryl methyl sites for hydroxylation is 2. The normalized spacial score (nSPS) is 10.6. The van der Waals surface area contributed by atoms with Crippen LogP contribution in [0, 0.1) is 6.92 Å². The highest BCUT2D eigenvalue weighted by Gasteiger charge is 2.18. The number of nitrogens with one attached hydrogen (secondary N) is 1. The van der Waals surface area contributed by atoms with Crippen LogP contribution in [0.3, 0.4) is 0 Å². The third-order valence-electron chi connectivity index (χ3n) is 4.30. The molecule has 0 fully saturated rings. The predicted molar refractivity (Wildman–Crippen MR) is 108 cm³/mol. The highest BCUT2D eigenvalue weighted by molar-refractivity contribution is 6.33. The number of methoxy groups -OCH3 is 1. The summed E-state index contributed by atoms with van der Waals surface area (Å²) in [5, 5.41) is 7.34. The van der Waals surface area contributed by atoms with Gasteiger partial charge in [-0.25, -0.2) is 0 Å². The molecule has 3 aromatic rings. The van der Waals surface area contributed by atoms with E-state index in [0.29, 0.717) is 41.1 Å². The Hall–Kier alpha value is -2.99. The summed E-state index contributed by atoms with van der Waals surface area (Å²) in [6.07, 6.45) is 0. The number of hydrogen-bond donors (Lipinski definition) is 1. The van der Waals surface area contributed by atoms with Crippen LogP contribution in [0.4, 0.5) is 0 Å². The molecular weight excluding hydrogens is 378 g/mol. The number of aromatic nitrogens is 2. The van der Waals surface area contributed by atoms with Gasteiger partial charge in [0.15, 0.2) is 11.5 Å². The van der Waals surface area contributed by atoms with Crippen LogP contribution in [0.1, 0.15) is 27.2 Å². The van der Waals surface area contributed by atoms with Gasteiger partial charge in [-0.15, -0.1) is 0 Å². The lowest BCUT2D eigenvalue weighted by molar-refractivity contribution is 0.0950. The van der Waals surface area contributed by atoms with Crippen LogP contribution in [-0.4, -0.2) is 22.8 Å². The van der Waals surface area contributed by atoms with E-state index in [-0.39, 0.29) is 5.91 Å². The summed E-state index contributed by atoms with van der Waals surface area (Å²) < 4.78 is 12.8. The topological polar surface area (TPSA) is 65.4 Å². The number of nitrogens with zero attached hydrogens (tertiary/aromatic N) is 2. The predicted octanol–water partition coefficient (Wildman–Crippen LogP) is 3.90. The fourth-order valence-corrected chi connectivity index (χ4v) is 3.10. The van der Waals surface area contributed by atoms with Gasteiger partial charge < -0.3 is 14.8 Å². The van der Waals surface area contributed by atoms with E-state index in [1.54, 1.807) is 21.1 Å². The Bertz CT molecular complexity index is 971. The third-order valence-corrected chi connectivity index (χ3v) is 4.73. The van der Waals surface area contributed by atoms with Crippen molar-refractivity contribution in [1.82, 2.24) is 15.1 Å². The Morgan fingerprint density at radius 2 is 1.89 bits per heavy atom. The van der Waals surface area contributed by atoms with Gasteiger partial charge >= 0.3 is 0 Å². The summed E-state index contributed by atoms with van der Waals surface area (Å²) in [6, 6.07) is 15.5. The van der Waals surface area contributed by atoms with Gasteiger partial charge in [0.1, 0.15) is 11.8 Å². The van der Waals surface area contributed by atoms with Gasteiger partial charge in [-0.3, -0.25) is 9.48 Å². The Kier molecular flexibility index (Phi) is 6.21. The summed E-state index contributed by atoms with van der Waals surface area (Å²) in [5.41, 5.74) is 2.94. The smallest absolute Gasteiger partial charge is 0.256 e. The molecule has 0 saturated carbocycles. The first-order valence-electron chi connectivity index (χ1n) is 8.80. The number of rotatable bonds is 7. The van der Waals surface area contributed by atoms with Crippen LogP contribution in [0.5, 0.6) is 11.5 Å². The molecule has 0 aliphatic rings. The molecule has 1 heterocycles. The van der Waals surface area contributed by atoms with Gasteiger partial charge in [0.25, 0.3) is 5.91 Å². The fraction of sp³-hybridized carbons (Fsp3) is 0.238. The molecule has 1 amide bonds.